The van der Waals surface area contributed by atoms with Crippen molar-refractivity contribution in [3.8, 4) is 11.5 Å². The highest BCUT2D eigenvalue weighted by Gasteiger charge is 2.49. The normalized spacial score (nSPS) is 21.9. The summed E-state index contributed by atoms with van der Waals surface area (Å²) in [6, 6.07) is 12.2. The molecule has 3 heterocycles. The average molecular weight is 740 g/mol. The Balaban J connectivity index is 1.47. The van der Waals surface area contributed by atoms with Crippen LogP contribution in [0.1, 0.15) is 45.1 Å². The zero-order valence-electron chi connectivity index (χ0n) is 28.8. The smallest absolute Gasteiger partial charge is 0.407 e. The number of rotatable bonds is 17. The number of fused-ring (bicyclic) bond motifs is 2. The maximum absolute atomic E-state index is 14.6. The first-order valence-electron chi connectivity index (χ1n) is 17.0. The zero-order valence-corrected chi connectivity index (χ0v) is 30.4. The van der Waals surface area contributed by atoms with E-state index in [1.165, 1.54) is 15.3 Å². The van der Waals surface area contributed by atoms with Crippen molar-refractivity contribution in [2.75, 3.05) is 52.3 Å². The summed E-state index contributed by atoms with van der Waals surface area (Å²) in [5.41, 5.74) is 0.153. The van der Waals surface area contributed by atoms with Gasteiger partial charge in [-0.25, -0.2) is 26.4 Å². The van der Waals surface area contributed by atoms with E-state index in [0.717, 1.165) is 11.8 Å². The molecule has 0 aliphatic carbocycles. The highest BCUT2D eigenvalue weighted by molar-refractivity contribution is 7.89. The Morgan fingerprint density at radius 1 is 1.00 bits per heavy atom. The fourth-order valence-electron chi connectivity index (χ4n) is 7.04. The van der Waals surface area contributed by atoms with Gasteiger partial charge in [-0.2, -0.15) is 4.31 Å². The summed E-state index contributed by atoms with van der Waals surface area (Å²) in [6.07, 6.45) is 0.301. The summed E-state index contributed by atoms with van der Waals surface area (Å²) in [4.78, 5) is 14.2. The standard InChI is InChI=1S/C34H49N3O11S2/c1-34(2,15-7-8-16-35-49(3,41)42)23-36(50(43,44)30-13-9-12-29-31(30)46-19-18-45-29)21-28(38)26(20-24-10-5-4-6-11-24)37(33(39)40)27-22-48-32-25(27)14-17-47-32/h4-6,9-13,25-28,32,35,38H,7-8,14-23H2,1-3H3,(H,39,40)/t25-,26-,27-,28+,32+/m0/s1. The van der Waals surface area contributed by atoms with Crippen LogP contribution in [-0.2, 0) is 35.9 Å². The minimum atomic E-state index is -4.34. The number of ether oxygens (including phenoxy) is 4. The number of aliphatic hydroxyl groups is 1. The SMILES string of the molecule is CC(C)(CCCCNS(C)(=O)=O)CN(C[C@@H](O)[C@H](Cc1ccccc1)N(C(=O)O)[C@H]1CO[C@H]2OCC[C@H]21)S(=O)(=O)c1cccc2c1OCCO2. The monoisotopic (exact) mass is 739 g/mol. The van der Waals surface area contributed by atoms with Crippen molar-refractivity contribution in [3.05, 3.63) is 54.1 Å². The Morgan fingerprint density at radius 3 is 2.46 bits per heavy atom. The van der Waals surface area contributed by atoms with Gasteiger partial charge in [0.05, 0.1) is 37.7 Å². The second kappa shape index (κ2) is 16.1. The largest absolute Gasteiger partial charge is 0.486 e. The Kier molecular flexibility index (Phi) is 12.3. The first-order valence-corrected chi connectivity index (χ1v) is 20.3. The van der Waals surface area contributed by atoms with Gasteiger partial charge >= 0.3 is 6.09 Å². The Hall–Kier alpha value is -2.99. The van der Waals surface area contributed by atoms with Crippen molar-refractivity contribution in [1.29, 1.82) is 0 Å². The van der Waals surface area contributed by atoms with E-state index >= 15 is 0 Å². The van der Waals surface area contributed by atoms with Gasteiger partial charge < -0.3 is 29.2 Å². The Labute approximate surface area is 294 Å². The first-order chi connectivity index (χ1) is 23.7. The molecule has 2 saturated heterocycles. The van der Waals surface area contributed by atoms with E-state index in [2.05, 4.69) is 4.72 Å². The third-order valence-corrected chi connectivity index (χ3v) is 12.0. The van der Waals surface area contributed by atoms with Gasteiger partial charge in [0.2, 0.25) is 20.0 Å². The molecule has 2 fully saturated rings. The zero-order chi connectivity index (χ0) is 36.1. The van der Waals surface area contributed by atoms with Gasteiger partial charge in [0.25, 0.3) is 0 Å². The van der Waals surface area contributed by atoms with Gasteiger partial charge in [-0.1, -0.05) is 56.7 Å². The average Bonchev–Trinajstić information content (AvgIpc) is 3.68. The molecule has 0 saturated carbocycles. The quantitative estimate of drug-likeness (QED) is 0.203. The van der Waals surface area contributed by atoms with Gasteiger partial charge in [0.1, 0.15) is 18.1 Å². The Morgan fingerprint density at radius 2 is 1.74 bits per heavy atom. The lowest BCUT2D eigenvalue weighted by Gasteiger charge is -2.40. The van der Waals surface area contributed by atoms with Crippen LogP contribution in [-0.4, -0.2) is 119 Å². The fourth-order valence-corrected chi connectivity index (χ4v) is 9.35. The maximum Gasteiger partial charge on any atom is 0.407 e. The van der Waals surface area contributed by atoms with Crippen LogP contribution in [0.2, 0.25) is 0 Å². The van der Waals surface area contributed by atoms with Crippen molar-refractivity contribution in [1.82, 2.24) is 13.9 Å². The van der Waals surface area contributed by atoms with E-state index in [9.17, 15) is 31.8 Å². The van der Waals surface area contributed by atoms with E-state index in [-0.39, 0.29) is 55.9 Å². The van der Waals surface area contributed by atoms with Gasteiger partial charge in [0.15, 0.2) is 17.8 Å². The van der Waals surface area contributed by atoms with Crippen LogP contribution >= 0.6 is 0 Å². The molecule has 2 aromatic carbocycles. The predicted molar refractivity (Wildman–Crippen MR) is 184 cm³/mol. The minimum absolute atomic E-state index is 0.0212. The molecule has 2 aromatic rings. The second-order valence-electron chi connectivity index (χ2n) is 14.0. The molecule has 1 amide bonds. The molecule has 0 bridgehead atoms. The van der Waals surface area contributed by atoms with Crippen LogP contribution in [0.15, 0.2) is 53.4 Å². The summed E-state index contributed by atoms with van der Waals surface area (Å²) < 4.78 is 78.9. The van der Waals surface area contributed by atoms with E-state index in [1.54, 1.807) is 12.1 Å². The number of nitrogens with zero attached hydrogens (tertiary/aromatic N) is 2. The molecule has 0 radical (unpaired) electrons. The van der Waals surface area contributed by atoms with Gasteiger partial charge in [-0.15, -0.1) is 0 Å². The number of hydrogen-bond donors (Lipinski definition) is 3. The molecular weight excluding hydrogens is 691 g/mol. The Bertz CT molecular complexity index is 1670. The highest BCUT2D eigenvalue weighted by atomic mass is 32.2. The maximum atomic E-state index is 14.6. The lowest BCUT2D eigenvalue weighted by atomic mass is 9.87. The summed E-state index contributed by atoms with van der Waals surface area (Å²) in [5.74, 6) is 0.163. The summed E-state index contributed by atoms with van der Waals surface area (Å²) >= 11 is 0. The number of carboxylic acid groups (broad SMARTS) is 1. The second-order valence-corrected chi connectivity index (χ2v) is 17.7. The van der Waals surface area contributed by atoms with Crippen molar-refractivity contribution in [3.63, 3.8) is 0 Å². The number of amides is 1. The highest BCUT2D eigenvalue weighted by Crippen LogP contribution is 2.40. The minimum Gasteiger partial charge on any atom is -0.486 e. The number of sulfonamides is 2. The van der Waals surface area contributed by atoms with E-state index in [4.69, 9.17) is 18.9 Å². The molecule has 3 aliphatic rings. The van der Waals surface area contributed by atoms with Crippen LogP contribution in [0.5, 0.6) is 11.5 Å². The van der Waals surface area contributed by atoms with Crippen LogP contribution in [0.25, 0.3) is 0 Å². The lowest BCUT2D eigenvalue weighted by Crippen LogP contribution is -2.58. The van der Waals surface area contributed by atoms with Crippen LogP contribution in [0, 0.1) is 11.3 Å². The lowest BCUT2D eigenvalue weighted by molar-refractivity contribution is -0.0906. The van der Waals surface area contributed by atoms with Crippen LogP contribution in [0.3, 0.4) is 0 Å². The molecule has 0 spiro atoms. The molecule has 14 nitrogen and oxygen atoms in total. The van der Waals surface area contributed by atoms with E-state index in [1.807, 2.05) is 44.2 Å². The van der Waals surface area contributed by atoms with Crippen LogP contribution < -0.4 is 14.2 Å². The van der Waals surface area contributed by atoms with Gasteiger partial charge in [-0.3, -0.25) is 4.90 Å². The number of para-hydroxylation sites is 1. The van der Waals surface area contributed by atoms with E-state index in [0.29, 0.717) is 38.0 Å². The molecule has 5 rings (SSSR count). The topological polar surface area (TPSA) is 181 Å². The summed E-state index contributed by atoms with van der Waals surface area (Å²) in [5, 5.41) is 22.8. The first kappa shape index (κ1) is 38.2. The third-order valence-electron chi connectivity index (χ3n) is 9.46. The summed E-state index contributed by atoms with van der Waals surface area (Å²) in [7, 11) is -7.68. The van der Waals surface area contributed by atoms with Crippen molar-refractivity contribution in [2.45, 2.75) is 75.3 Å². The van der Waals surface area contributed by atoms with Gasteiger partial charge in [-0.05, 0) is 48.8 Å². The molecule has 3 aliphatic heterocycles. The molecule has 5 atom stereocenters. The fraction of sp³-hybridized carbons (Fsp3) is 0.618. The molecule has 0 unspecified atom stereocenters. The summed E-state index contributed by atoms with van der Waals surface area (Å²) in [6.45, 7) is 4.60. The van der Waals surface area contributed by atoms with Crippen molar-refractivity contribution in [2.24, 2.45) is 11.3 Å². The molecule has 16 heteroatoms. The molecule has 0 aromatic heterocycles. The number of hydrogen-bond acceptors (Lipinski definition) is 10. The molecule has 50 heavy (non-hydrogen) atoms. The molecule has 278 valence electrons. The van der Waals surface area contributed by atoms with Crippen molar-refractivity contribution >= 4 is 26.1 Å². The number of aliphatic hydroxyl groups excluding tert-OH is 1. The number of nitrogens with one attached hydrogen (secondary N) is 1. The number of benzene rings is 2. The third kappa shape index (κ3) is 9.46. The van der Waals surface area contributed by atoms with Gasteiger partial charge in [0, 0.05) is 25.6 Å². The van der Waals surface area contributed by atoms with E-state index < -0.39 is 62.6 Å². The molecule has 3 N–H and O–H groups in total. The number of unbranched alkanes of at least 4 members (excludes halogenated alkanes) is 1. The van der Waals surface area contributed by atoms with Crippen LogP contribution in [0.4, 0.5) is 4.79 Å². The number of carbonyl (C=O) groups is 1. The molecular formula is C34H49N3O11S2. The predicted octanol–water partition coefficient (Wildman–Crippen LogP) is 2.91. The van der Waals surface area contributed by atoms with Crippen molar-refractivity contribution < 1.29 is 50.8 Å².